The fourth-order valence-electron chi connectivity index (χ4n) is 2.31. The van der Waals surface area contributed by atoms with Crippen LogP contribution in [0.4, 0.5) is 21.8 Å². The van der Waals surface area contributed by atoms with Gasteiger partial charge in [-0.25, -0.2) is 17.9 Å². The first kappa shape index (κ1) is 18.7. The highest BCUT2D eigenvalue weighted by Crippen LogP contribution is 2.17. The first-order chi connectivity index (χ1) is 12.9. The molecule has 10 heteroatoms. The fraction of sp³-hybridized carbons (Fsp3) is 0.118. The van der Waals surface area contributed by atoms with Gasteiger partial charge in [-0.1, -0.05) is 24.3 Å². The highest BCUT2D eigenvalue weighted by atomic mass is 32.2. The maximum atomic E-state index is 13.7. The molecule has 0 bridgehead atoms. The zero-order valence-corrected chi connectivity index (χ0v) is 14.9. The number of primary sulfonamides is 1. The number of rotatable bonds is 7. The average molecular weight is 388 g/mol. The highest BCUT2D eigenvalue weighted by molar-refractivity contribution is 7.89. The number of para-hydroxylation sites is 1. The summed E-state index contributed by atoms with van der Waals surface area (Å²) in [5.41, 5.74) is 1.19. The lowest BCUT2D eigenvalue weighted by atomic mass is 10.1. The van der Waals surface area contributed by atoms with Crippen molar-refractivity contribution in [1.82, 2.24) is 15.2 Å². The van der Waals surface area contributed by atoms with Crippen LogP contribution >= 0.6 is 0 Å². The summed E-state index contributed by atoms with van der Waals surface area (Å²) in [6, 6.07) is 12.5. The number of nitrogens with zero attached hydrogens (tertiary/aromatic N) is 3. The van der Waals surface area contributed by atoms with E-state index in [0.717, 1.165) is 5.56 Å². The Labute approximate surface area is 155 Å². The number of halogens is 1. The Morgan fingerprint density at radius 2 is 1.81 bits per heavy atom. The molecular formula is C17H17FN6O2S. The summed E-state index contributed by atoms with van der Waals surface area (Å²) in [6.45, 7) is 0.534. The minimum absolute atomic E-state index is 0.0723. The summed E-state index contributed by atoms with van der Waals surface area (Å²) >= 11 is 0. The second-order valence-corrected chi connectivity index (χ2v) is 7.20. The van der Waals surface area contributed by atoms with Gasteiger partial charge < -0.3 is 10.6 Å². The Hall–Kier alpha value is -3.11. The van der Waals surface area contributed by atoms with Gasteiger partial charge in [-0.2, -0.15) is 10.1 Å². The summed E-state index contributed by atoms with van der Waals surface area (Å²) in [5.74, 6) is 0.231. The second kappa shape index (κ2) is 8.06. The van der Waals surface area contributed by atoms with Gasteiger partial charge in [0.1, 0.15) is 5.82 Å². The fourth-order valence-corrected chi connectivity index (χ4v) is 2.82. The van der Waals surface area contributed by atoms with Crippen LogP contribution in [0.3, 0.4) is 0 Å². The molecule has 8 nitrogen and oxygen atoms in total. The summed E-state index contributed by atoms with van der Waals surface area (Å²) < 4.78 is 36.2. The lowest BCUT2D eigenvalue weighted by Gasteiger charge is -2.08. The lowest BCUT2D eigenvalue weighted by molar-refractivity contribution is 0.597. The van der Waals surface area contributed by atoms with Gasteiger partial charge in [0.05, 0.1) is 16.8 Å². The number of hydrogen-bond donors (Lipinski definition) is 3. The van der Waals surface area contributed by atoms with Crippen molar-refractivity contribution in [2.75, 3.05) is 17.2 Å². The van der Waals surface area contributed by atoms with E-state index in [2.05, 4.69) is 25.8 Å². The van der Waals surface area contributed by atoms with E-state index in [4.69, 9.17) is 5.14 Å². The molecule has 1 heterocycles. The molecule has 3 rings (SSSR count). The van der Waals surface area contributed by atoms with Crippen molar-refractivity contribution in [3.63, 3.8) is 0 Å². The smallest absolute Gasteiger partial charge is 0.249 e. The first-order valence-corrected chi connectivity index (χ1v) is 9.53. The summed E-state index contributed by atoms with van der Waals surface area (Å²) in [7, 11) is -3.69. The Bertz CT molecular complexity index is 1030. The highest BCUT2D eigenvalue weighted by Gasteiger charge is 2.07. The number of anilines is 3. The van der Waals surface area contributed by atoms with Gasteiger partial charge in [-0.15, -0.1) is 5.10 Å². The van der Waals surface area contributed by atoms with E-state index in [1.165, 1.54) is 24.4 Å². The third-order valence-corrected chi connectivity index (χ3v) is 4.58. The molecular weight excluding hydrogens is 371 g/mol. The number of benzene rings is 2. The topological polar surface area (TPSA) is 123 Å². The van der Waals surface area contributed by atoms with Crippen LogP contribution in [0.2, 0.25) is 0 Å². The van der Waals surface area contributed by atoms with Gasteiger partial charge >= 0.3 is 0 Å². The van der Waals surface area contributed by atoms with E-state index in [9.17, 15) is 12.8 Å². The quantitative estimate of drug-likeness (QED) is 0.566. The van der Waals surface area contributed by atoms with Gasteiger partial charge in [0.25, 0.3) is 0 Å². The van der Waals surface area contributed by atoms with Gasteiger partial charge in [-0.3, -0.25) is 0 Å². The zero-order chi connectivity index (χ0) is 19.3. The van der Waals surface area contributed by atoms with Crippen molar-refractivity contribution in [2.24, 2.45) is 5.14 Å². The van der Waals surface area contributed by atoms with Gasteiger partial charge in [0, 0.05) is 6.54 Å². The SMILES string of the molecule is NS(=O)(=O)c1ccc(CCNc2cnnc(Nc3ccccc3F)n2)cc1. The van der Waals surface area contributed by atoms with Crippen molar-refractivity contribution in [3.8, 4) is 0 Å². The molecule has 4 N–H and O–H groups in total. The largest absolute Gasteiger partial charge is 0.368 e. The first-order valence-electron chi connectivity index (χ1n) is 7.99. The molecule has 0 atom stereocenters. The van der Waals surface area contributed by atoms with Crippen LogP contribution in [0.15, 0.2) is 59.6 Å². The number of hydrogen-bond acceptors (Lipinski definition) is 7. The van der Waals surface area contributed by atoms with E-state index < -0.39 is 15.8 Å². The van der Waals surface area contributed by atoms with Crippen LogP contribution in [-0.4, -0.2) is 30.1 Å². The molecule has 0 aliphatic rings. The van der Waals surface area contributed by atoms with Gasteiger partial charge in [-0.05, 0) is 36.2 Å². The van der Waals surface area contributed by atoms with E-state index in [1.807, 2.05) is 0 Å². The molecule has 140 valence electrons. The van der Waals surface area contributed by atoms with Gasteiger partial charge in [0.2, 0.25) is 16.0 Å². The molecule has 0 radical (unpaired) electrons. The third-order valence-electron chi connectivity index (χ3n) is 3.65. The van der Waals surface area contributed by atoms with Crippen LogP contribution in [0.25, 0.3) is 0 Å². The zero-order valence-electron chi connectivity index (χ0n) is 14.1. The summed E-state index contributed by atoms with van der Waals surface area (Å²) in [5, 5.41) is 18.6. The van der Waals surface area contributed by atoms with Crippen LogP contribution in [-0.2, 0) is 16.4 Å². The Morgan fingerprint density at radius 3 is 2.52 bits per heavy atom. The lowest BCUT2D eigenvalue weighted by Crippen LogP contribution is -2.12. The number of sulfonamides is 1. The van der Waals surface area contributed by atoms with E-state index in [1.54, 1.807) is 30.3 Å². The van der Waals surface area contributed by atoms with Gasteiger partial charge in [0.15, 0.2) is 5.82 Å². The molecule has 0 fully saturated rings. The van der Waals surface area contributed by atoms with Crippen molar-refractivity contribution >= 4 is 27.5 Å². The van der Waals surface area contributed by atoms with Crippen LogP contribution in [0.1, 0.15) is 5.56 Å². The predicted octanol–water partition coefficient (Wildman–Crippen LogP) is 2.06. The summed E-state index contributed by atoms with van der Waals surface area (Å²) in [4.78, 5) is 4.30. The standard InChI is InChI=1S/C17H17FN6O2S/c18-14-3-1-2-4-15(14)22-17-23-16(11-21-24-17)20-10-9-12-5-7-13(8-6-12)27(19,25)26/h1-8,11H,9-10H2,(H2,19,25,26)(H2,20,22,23,24). The van der Waals surface area contributed by atoms with Crippen molar-refractivity contribution in [2.45, 2.75) is 11.3 Å². The molecule has 0 spiro atoms. The molecule has 0 amide bonds. The molecule has 0 aliphatic carbocycles. The minimum atomic E-state index is -3.69. The maximum Gasteiger partial charge on any atom is 0.249 e. The minimum Gasteiger partial charge on any atom is -0.368 e. The van der Waals surface area contributed by atoms with Crippen molar-refractivity contribution < 1.29 is 12.8 Å². The third kappa shape index (κ3) is 5.19. The van der Waals surface area contributed by atoms with E-state index in [-0.39, 0.29) is 16.5 Å². The monoisotopic (exact) mass is 388 g/mol. The molecule has 2 aromatic carbocycles. The molecule has 0 saturated heterocycles. The predicted molar refractivity (Wildman–Crippen MR) is 99.5 cm³/mol. The Kier molecular flexibility index (Phi) is 5.57. The second-order valence-electron chi connectivity index (χ2n) is 5.64. The van der Waals surface area contributed by atoms with Crippen LogP contribution in [0, 0.1) is 5.82 Å². The Morgan fingerprint density at radius 1 is 1.07 bits per heavy atom. The molecule has 3 aromatic rings. The molecule has 0 aliphatic heterocycles. The number of aromatic nitrogens is 3. The molecule has 27 heavy (non-hydrogen) atoms. The molecule has 0 unspecified atom stereocenters. The van der Waals surface area contributed by atoms with E-state index >= 15 is 0 Å². The number of nitrogens with two attached hydrogens (primary N) is 1. The maximum absolute atomic E-state index is 13.7. The van der Waals surface area contributed by atoms with Crippen LogP contribution in [0.5, 0.6) is 0 Å². The number of nitrogens with one attached hydrogen (secondary N) is 2. The normalized spacial score (nSPS) is 11.2. The van der Waals surface area contributed by atoms with Crippen molar-refractivity contribution in [3.05, 3.63) is 66.1 Å². The molecule has 1 aromatic heterocycles. The molecule has 0 saturated carbocycles. The average Bonchev–Trinajstić information content (AvgIpc) is 2.64. The Balaban J connectivity index is 1.58. The van der Waals surface area contributed by atoms with E-state index in [0.29, 0.717) is 18.8 Å². The van der Waals surface area contributed by atoms with Crippen LogP contribution < -0.4 is 15.8 Å². The van der Waals surface area contributed by atoms with Crippen molar-refractivity contribution in [1.29, 1.82) is 0 Å². The summed E-state index contributed by atoms with van der Waals surface area (Å²) in [6.07, 6.45) is 2.08.